The Balaban J connectivity index is 3.09. The van der Waals surface area contributed by atoms with Crippen molar-refractivity contribution < 1.29 is 4.74 Å². The second-order valence-corrected chi connectivity index (χ2v) is 6.39. The highest BCUT2D eigenvalue weighted by atomic mass is 16.5. The lowest BCUT2D eigenvalue weighted by Crippen LogP contribution is -2.22. The Morgan fingerprint density at radius 1 is 0.750 bits per heavy atom. The van der Waals surface area contributed by atoms with Crippen LogP contribution in [0, 0.1) is 12.3 Å². The van der Waals surface area contributed by atoms with Crippen LogP contribution in [0.4, 0.5) is 0 Å². The second kappa shape index (κ2) is 13.5. The number of hydrogen-bond acceptors (Lipinski definition) is 1. The summed E-state index contributed by atoms with van der Waals surface area (Å²) in [6, 6.07) is 0. The van der Waals surface area contributed by atoms with Gasteiger partial charge in [0.2, 0.25) is 0 Å². The first-order chi connectivity index (χ1) is 9.62. The molecule has 20 heavy (non-hydrogen) atoms. The van der Waals surface area contributed by atoms with E-state index in [1.54, 1.807) is 0 Å². The summed E-state index contributed by atoms with van der Waals surface area (Å²) in [7, 11) is 0. The van der Waals surface area contributed by atoms with Crippen molar-refractivity contribution in [1.29, 1.82) is 0 Å². The Labute approximate surface area is 127 Å². The van der Waals surface area contributed by atoms with Crippen LogP contribution >= 0.6 is 0 Å². The number of terminal acetylenes is 1. The number of hydrogen-bond donors (Lipinski definition) is 0. The summed E-state index contributed by atoms with van der Waals surface area (Å²) in [5.74, 6) is 2.66. The van der Waals surface area contributed by atoms with Crippen LogP contribution in [0.1, 0.15) is 97.8 Å². The minimum Gasteiger partial charge on any atom is -0.363 e. The first-order valence-electron chi connectivity index (χ1n) is 8.74. The average molecular weight is 280 g/mol. The number of unbranched alkanes of at least 4 members (excludes halogenated alkanes) is 11. The van der Waals surface area contributed by atoms with Gasteiger partial charge in [0, 0.05) is 6.61 Å². The molecule has 0 rings (SSSR count). The highest BCUT2D eigenvalue weighted by Gasteiger charge is 2.12. The van der Waals surface area contributed by atoms with Crippen LogP contribution in [0.5, 0.6) is 0 Å². The molecule has 0 heterocycles. The van der Waals surface area contributed by atoms with Crippen LogP contribution in [0.2, 0.25) is 0 Å². The van der Waals surface area contributed by atoms with Crippen LogP contribution in [0.15, 0.2) is 0 Å². The van der Waals surface area contributed by atoms with Crippen molar-refractivity contribution in [2.45, 2.75) is 103 Å². The number of rotatable bonds is 14. The maximum atomic E-state index is 5.63. The molecule has 0 fully saturated rings. The Morgan fingerprint density at radius 3 is 1.55 bits per heavy atom. The fourth-order valence-corrected chi connectivity index (χ4v) is 2.31. The second-order valence-electron chi connectivity index (χ2n) is 6.39. The fourth-order valence-electron chi connectivity index (χ4n) is 2.31. The van der Waals surface area contributed by atoms with Crippen LogP contribution in [0.25, 0.3) is 0 Å². The topological polar surface area (TPSA) is 9.23 Å². The Kier molecular flexibility index (Phi) is 13.2. The van der Waals surface area contributed by atoms with Gasteiger partial charge in [0.15, 0.2) is 0 Å². The third-order valence-electron chi connectivity index (χ3n) is 3.81. The van der Waals surface area contributed by atoms with E-state index in [0.717, 1.165) is 13.0 Å². The highest BCUT2D eigenvalue weighted by molar-refractivity contribution is 5.02. The van der Waals surface area contributed by atoms with E-state index >= 15 is 0 Å². The molecule has 1 heteroatoms. The lowest BCUT2D eigenvalue weighted by Gasteiger charge is -2.18. The van der Waals surface area contributed by atoms with E-state index in [1.807, 2.05) is 13.8 Å². The summed E-state index contributed by atoms with van der Waals surface area (Å²) >= 11 is 0. The van der Waals surface area contributed by atoms with Gasteiger partial charge < -0.3 is 4.74 Å². The minimum absolute atomic E-state index is 0.391. The van der Waals surface area contributed by atoms with Crippen molar-refractivity contribution in [1.82, 2.24) is 0 Å². The molecular weight excluding hydrogens is 244 g/mol. The molecule has 0 aromatic rings. The molecule has 0 aliphatic carbocycles. The van der Waals surface area contributed by atoms with Crippen molar-refractivity contribution in [3.05, 3.63) is 0 Å². The van der Waals surface area contributed by atoms with Gasteiger partial charge in [-0.2, -0.15) is 0 Å². The molecule has 0 atom stereocenters. The van der Waals surface area contributed by atoms with Gasteiger partial charge >= 0.3 is 0 Å². The smallest absolute Gasteiger partial charge is 0.122 e. The van der Waals surface area contributed by atoms with Gasteiger partial charge in [0.1, 0.15) is 5.60 Å². The monoisotopic (exact) mass is 280 g/mol. The van der Waals surface area contributed by atoms with Gasteiger partial charge in [-0.1, -0.05) is 83.5 Å². The SMILES string of the molecule is C#CC(C)(C)OCCCCCCCCCCCCCC. The summed E-state index contributed by atoms with van der Waals surface area (Å²) in [5.41, 5.74) is -0.391. The van der Waals surface area contributed by atoms with Gasteiger partial charge in [0.25, 0.3) is 0 Å². The summed E-state index contributed by atoms with van der Waals surface area (Å²) in [5, 5.41) is 0. The molecule has 0 aromatic heterocycles. The predicted octanol–water partition coefficient (Wildman–Crippen LogP) is 6.12. The maximum Gasteiger partial charge on any atom is 0.122 e. The highest BCUT2D eigenvalue weighted by Crippen LogP contribution is 2.13. The average Bonchev–Trinajstić information content (AvgIpc) is 2.44. The summed E-state index contributed by atoms with van der Waals surface area (Å²) in [6.45, 7) is 6.98. The molecular formula is C19H36O. The van der Waals surface area contributed by atoms with Crippen LogP contribution in [-0.4, -0.2) is 12.2 Å². The van der Waals surface area contributed by atoms with Gasteiger partial charge in [0.05, 0.1) is 0 Å². The summed E-state index contributed by atoms with van der Waals surface area (Å²) < 4.78 is 5.63. The van der Waals surface area contributed by atoms with E-state index in [9.17, 15) is 0 Å². The van der Waals surface area contributed by atoms with Crippen molar-refractivity contribution >= 4 is 0 Å². The van der Waals surface area contributed by atoms with E-state index < -0.39 is 5.60 Å². The first-order valence-corrected chi connectivity index (χ1v) is 8.74. The van der Waals surface area contributed by atoms with Gasteiger partial charge in [-0.25, -0.2) is 0 Å². The third-order valence-corrected chi connectivity index (χ3v) is 3.81. The zero-order valence-electron chi connectivity index (χ0n) is 14.2. The molecule has 1 nitrogen and oxygen atoms in total. The van der Waals surface area contributed by atoms with Crippen LogP contribution in [-0.2, 0) is 4.74 Å². The molecule has 0 amide bonds. The van der Waals surface area contributed by atoms with Crippen LogP contribution in [0.3, 0.4) is 0 Å². The predicted molar refractivity (Wildman–Crippen MR) is 89.9 cm³/mol. The Hall–Kier alpha value is -0.480. The van der Waals surface area contributed by atoms with Crippen molar-refractivity contribution in [2.75, 3.05) is 6.61 Å². The molecule has 0 unspecified atom stereocenters. The van der Waals surface area contributed by atoms with Crippen LogP contribution < -0.4 is 0 Å². The first kappa shape index (κ1) is 19.5. The lowest BCUT2D eigenvalue weighted by atomic mass is 10.1. The molecule has 0 saturated heterocycles. The zero-order chi connectivity index (χ0) is 15.1. The Morgan fingerprint density at radius 2 is 1.15 bits per heavy atom. The van der Waals surface area contributed by atoms with E-state index in [4.69, 9.17) is 11.2 Å². The third kappa shape index (κ3) is 13.9. The van der Waals surface area contributed by atoms with Gasteiger partial charge in [-0.3, -0.25) is 0 Å². The minimum atomic E-state index is -0.391. The van der Waals surface area contributed by atoms with E-state index in [1.165, 1.54) is 70.6 Å². The molecule has 0 aromatic carbocycles. The molecule has 0 radical (unpaired) electrons. The van der Waals surface area contributed by atoms with Gasteiger partial charge in [-0.05, 0) is 20.3 Å². The van der Waals surface area contributed by atoms with E-state index in [-0.39, 0.29) is 0 Å². The standard InChI is InChI=1S/C19H36O/c1-5-7-8-9-10-11-12-13-14-15-16-17-18-20-19(3,4)6-2/h2H,5,7-18H2,1,3-4H3. The zero-order valence-corrected chi connectivity index (χ0v) is 14.2. The van der Waals surface area contributed by atoms with Crippen molar-refractivity contribution in [3.8, 4) is 12.3 Å². The fraction of sp³-hybridized carbons (Fsp3) is 0.895. The molecule has 118 valence electrons. The summed E-state index contributed by atoms with van der Waals surface area (Å²) in [4.78, 5) is 0. The normalized spacial score (nSPS) is 11.5. The summed E-state index contributed by atoms with van der Waals surface area (Å²) in [6.07, 6.45) is 21.9. The molecule has 0 saturated carbocycles. The van der Waals surface area contributed by atoms with E-state index in [2.05, 4.69) is 12.8 Å². The lowest BCUT2D eigenvalue weighted by molar-refractivity contribution is 0.0248. The Bertz CT molecular complexity index is 237. The van der Waals surface area contributed by atoms with Crippen molar-refractivity contribution in [2.24, 2.45) is 0 Å². The van der Waals surface area contributed by atoms with Gasteiger partial charge in [-0.15, -0.1) is 6.42 Å². The quantitative estimate of drug-likeness (QED) is 0.275. The molecule has 0 bridgehead atoms. The molecule has 0 aliphatic rings. The molecule has 0 N–H and O–H groups in total. The molecule has 0 spiro atoms. The van der Waals surface area contributed by atoms with Crippen molar-refractivity contribution in [3.63, 3.8) is 0 Å². The number of ether oxygens (including phenoxy) is 1. The largest absolute Gasteiger partial charge is 0.363 e. The molecule has 0 aliphatic heterocycles. The van der Waals surface area contributed by atoms with E-state index in [0.29, 0.717) is 0 Å². The maximum absolute atomic E-state index is 5.63.